The molecule has 4 nitrogen and oxygen atoms in total. The first-order chi connectivity index (χ1) is 10.1. The van der Waals surface area contributed by atoms with Crippen LogP contribution in [0.1, 0.15) is 21.1 Å². The van der Waals surface area contributed by atoms with Crippen molar-refractivity contribution < 1.29 is 14.6 Å². The van der Waals surface area contributed by atoms with Gasteiger partial charge in [0.1, 0.15) is 17.9 Å². The molecule has 0 aliphatic heterocycles. The minimum absolute atomic E-state index is 0.167. The third kappa shape index (κ3) is 2.73. The molecule has 0 bridgehead atoms. The Kier molecular flexibility index (Phi) is 3.58. The van der Waals surface area contributed by atoms with Crippen molar-refractivity contribution in [2.75, 3.05) is 0 Å². The highest BCUT2D eigenvalue weighted by molar-refractivity contribution is 7.09. The molecule has 21 heavy (non-hydrogen) atoms. The standard InChI is InChI=1S/C16H13NO3S/c1-10-17-12(9-21-10)8-20-15-13-5-3-2-4-11(13)6-7-14(15)16(18)19/h2-7,9H,8H2,1H3,(H,18,19). The summed E-state index contributed by atoms with van der Waals surface area (Å²) in [6.45, 7) is 2.19. The Balaban J connectivity index is 2.01. The second kappa shape index (κ2) is 5.54. The van der Waals surface area contributed by atoms with Crippen LogP contribution < -0.4 is 4.74 Å². The number of carbonyl (C=O) groups is 1. The lowest BCUT2D eigenvalue weighted by Gasteiger charge is -2.11. The number of hydrogen-bond donors (Lipinski definition) is 1. The van der Waals surface area contributed by atoms with Gasteiger partial charge in [0.2, 0.25) is 0 Å². The van der Waals surface area contributed by atoms with Crippen LogP contribution in [0.4, 0.5) is 0 Å². The predicted octanol–water partition coefficient (Wildman–Crippen LogP) is 3.88. The maximum absolute atomic E-state index is 11.4. The van der Waals surface area contributed by atoms with Crippen LogP contribution in [0.3, 0.4) is 0 Å². The van der Waals surface area contributed by atoms with E-state index in [9.17, 15) is 9.90 Å². The summed E-state index contributed by atoms with van der Waals surface area (Å²) in [7, 11) is 0. The molecule has 1 heterocycles. The van der Waals surface area contributed by atoms with Crippen molar-refractivity contribution in [2.24, 2.45) is 0 Å². The number of ether oxygens (including phenoxy) is 1. The minimum atomic E-state index is -0.995. The van der Waals surface area contributed by atoms with Crippen molar-refractivity contribution in [1.29, 1.82) is 0 Å². The van der Waals surface area contributed by atoms with Gasteiger partial charge in [-0.1, -0.05) is 30.3 Å². The monoisotopic (exact) mass is 299 g/mol. The molecule has 0 aliphatic carbocycles. The molecule has 0 saturated carbocycles. The molecule has 3 aromatic rings. The van der Waals surface area contributed by atoms with Crippen molar-refractivity contribution in [3.63, 3.8) is 0 Å². The number of thiazole rings is 1. The zero-order chi connectivity index (χ0) is 14.8. The number of aryl methyl sites for hydroxylation is 1. The zero-order valence-electron chi connectivity index (χ0n) is 11.4. The Bertz CT molecular complexity index is 810. The van der Waals surface area contributed by atoms with Crippen LogP contribution in [0.2, 0.25) is 0 Å². The number of carboxylic acid groups (broad SMARTS) is 1. The van der Waals surface area contributed by atoms with E-state index in [1.54, 1.807) is 23.5 Å². The molecule has 106 valence electrons. The van der Waals surface area contributed by atoms with Crippen LogP contribution >= 0.6 is 11.3 Å². The average molecular weight is 299 g/mol. The largest absolute Gasteiger partial charge is 0.486 e. The van der Waals surface area contributed by atoms with Crippen molar-refractivity contribution in [2.45, 2.75) is 13.5 Å². The van der Waals surface area contributed by atoms with Gasteiger partial charge in [0.05, 0.1) is 10.7 Å². The van der Waals surface area contributed by atoms with E-state index in [1.807, 2.05) is 36.6 Å². The van der Waals surface area contributed by atoms with Gasteiger partial charge in [-0.15, -0.1) is 11.3 Å². The van der Waals surface area contributed by atoms with Gasteiger partial charge in [0.15, 0.2) is 0 Å². The Morgan fingerprint density at radius 1 is 1.29 bits per heavy atom. The molecule has 3 rings (SSSR count). The van der Waals surface area contributed by atoms with E-state index in [0.29, 0.717) is 5.75 Å². The highest BCUT2D eigenvalue weighted by Crippen LogP contribution is 2.30. The fourth-order valence-electron chi connectivity index (χ4n) is 2.19. The smallest absolute Gasteiger partial charge is 0.339 e. The van der Waals surface area contributed by atoms with Crippen LogP contribution in [0.15, 0.2) is 41.8 Å². The number of rotatable bonds is 4. The number of aromatic carboxylic acids is 1. The fraction of sp³-hybridized carbons (Fsp3) is 0.125. The van der Waals surface area contributed by atoms with Crippen molar-refractivity contribution in [1.82, 2.24) is 4.98 Å². The van der Waals surface area contributed by atoms with Gasteiger partial charge >= 0.3 is 5.97 Å². The maximum atomic E-state index is 11.4. The molecule has 0 amide bonds. The lowest BCUT2D eigenvalue weighted by atomic mass is 10.1. The molecule has 0 fully saturated rings. The number of benzene rings is 2. The van der Waals surface area contributed by atoms with Gasteiger partial charge in [0, 0.05) is 10.8 Å². The van der Waals surface area contributed by atoms with E-state index in [0.717, 1.165) is 21.5 Å². The van der Waals surface area contributed by atoms with Crippen LogP contribution in [-0.4, -0.2) is 16.1 Å². The molecular formula is C16H13NO3S. The molecule has 0 saturated heterocycles. The third-order valence-corrected chi connectivity index (χ3v) is 3.96. The molecule has 1 aromatic heterocycles. The summed E-state index contributed by atoms with van der Waals surface area (Å²) in [6.07, 6.45) is 0. The minimum Gasteiger partial charge on any atom is -0.486 e. The molecule has 0 unspecified atom stereocenters. The molecule has 1 N–H and O–H groups in total. The first-order valence-corrected chi connectivity index (χ1v) is 7.32. The normalized spacial score (nSPS) is 10.7. The maximum Gasteiger partial charge on any atom is 0.339 e. The fourth-order valence-corrected chi connectivity index (χ4v) is 2.78. The zero-order valence-corrected chi connectivity index (χ0v) is 12.2. The number of fused-ring (bicyclic) bond motifs is 1. The second-order valence-corrected chi connectivity index (χ2v) is 5.68. The van der Waals surface area contributed by atoms with E-state index in [4.69, 9.17) is 4.74 Å². The lowest BCUT2D eigenvalue weighted by molar-refractivity contribution is 0.0692. The van der Waals surface area contributed by atoms with Gasteiger partial charge < -0.3 is 9.84 Å². The van der Waals surface area contributed by atoms with Crippen molar-refractivity contribution >= 4 is 28.1 Å². The number of aromatic nitrogens is 1. The molecule has 0 spiro atoms. The first-order valence-electron chi connectivity index (χ1n) is 6.44. The molecule has 5 heteroatoms. The van der Waals surface area contributed by atoms with Crippen LogP contribution in [-0.2, 0) is 6.61 Å². The van der Waals surface area contributed by atoms with Crippen molar-refractivity contribution in [3.8, 4) is 5.75 Å². The molecule has 0 aliphatic rings. The van der Waals surface area contributed by atoms with E-state index < -0.39 is 5.97 Å². The van der Waals surface area contributed by atoms with Crippen LogP contribution in [0.25, 0.3) is 10.8 Å². The number of carboxylic acids is 1. The summed E-state index contributed by atoms with van der Waals surface area (Å²) in [5, 5.41) is 14.0. The molecule has 2 aromatic carbocycles. The van der Waals surface area contributed by atoms with Gasteiger partial charge in [0.25, 0.3) is 0 Å². The van der Waals surface area contributed by atoms with E-state index in [1.165, 1.54) is 0 Å². The summed E-state index contributed by atoms with van der Waals surface area (Å²) in [6, 6.07) is 10.9. The van der Waals surface area contributed by atoms with Gasteiger partial charge in [-0.25, -0.2) is 9.78 Å². The topological polar surface area (TPSA) is 59.4 Å². The second-order valence-electron chi connectivity index (χ2n) is 4.62. The first kappa shape index (κ1) is 13.6. The summed E-state index contributed by atoms with van der Waals surface area (Å²) in [5.41, 5.74) is 0.974. The highest BCUT2D eigenvalue weighted by atomic mass is 32.1. The van der Waals surface area contributed by atoms with Gasteiger partial charge in [-0.3, -0.25) is 0 Å². The predicted molar refractivity (Wildman–Crippen MR) is 82.1 cm³/mol. The quantitative estimate of drug-likeness (QED) is 0.794. The average Bonchev–Trinajstić information content (AvgIpc) is 2.90. The highest BCUT2D eigenvalue weighted by Gasteiger charge is 2.15. The summed E-state index contributed by atoms with van der Waals surface area (Å²) >= 11 is 1.55. The Morgan fingerprint density at radius 2 is 2.10 bits per heavy atom. The Labute approximate surface area is 125 Å². The van der Waals surface area contributed by atoms with E-state index in [2.05, 4.69) is 4.98 Å². The van der Waals surface area contributed by atoms with Crippen LogP contribution in [0, 0.1) is 6.92 Å². The van der Waals surface area contributed by atoms with Crippen LogP contribution in [0.5, 0.6) is 5.75 Å². The molecule has 0 radical (unpaired) electrons. The third-order valence-electron chi connectivity index (χ3n) is 3.14. The van der Waals surface area contributed by atoms with E-state index in [-0.39, 0.29) is 12.2 Å². The van der Waals surface area contributed by atoms with Gasteiger partial charge in [-0.2, -0.15) is 0 Å². The van der Waals surface area contributed by atoms with Gasteiger partial charge in [-0.05, 0) is 18.4 Å². The number of nitrogens with zero attached hydrogens (tertiary/aromatic N) is 1. The van der Waals surface area contributed by atoms with Crippen molar-refractivity contribution in [3.05, 3.63) is 58.0 Å². The molecular weight excluding hydrogens is 286 g/mol. The summed E-state index contributed by atoms with van der Waals surface area (Å²) in [4.78, 5) is 15.7. The lowest BCUT2D eigenvalue weighted by Crippen LogP contribution is -2.04. The number of hydrogen-bond acceptors (Lipinski definition) is 4. The summed E-state index contributed by atoms with van der Waals surface area (Å²) < 4.78 is 5.77. The SMILES string of the molecule is Cc1nc(COc2c(C(=O)O)ccc3ccccc23)cs1. The summed E-state index contributed by atoms with van der Waals surface area (Å²) in [5.74, 6) is -0.600. The Morgan fingerprint density at radius 3 is 2.81 bits per heavy atom. The Hall–Kier alpha value is -2.40. The van der Waals surface area contributed by atoms with E-state index >= 15 is 0 Å². The molecule has 0 atom stereocenters.